The van der Waals surface area contributed by atoms with Crippen molar-refractivity contribution in [3.8, 4) is 0 Å². The number of hydrogen-bond acceptors (Lipinski definition) is 0. The molecule has 11 heteroatoms. The van der Waals surface area contributed by atoms with Crippen LogP contribution in [0.5, 0.6) is 0 Å². The van der Waals surface area contributed by atoms with Gasteiger partial charge in [-0.25, -0.2) is 0 Å². The number of halogens is 10. The van der Waals surface area contributed by atoms with Gasteiger partial charge in [-0.2, -0.15) is 0 Å². The monoisotopic (exact) mass is 456 g/mol. The second kappa shape index (κ2) is 4.12. The molecule has 0 bridgehead atoms. The molecular formula is C4ClF9Hg. The van der Waals surface area contributed by atoms with Gasteiger partial charge in [-0.15, -0.1) is 0 Å². The van der Waals surface area contributed by atoms with Crippen molar-refractivity contribution in [3.63, 3.8) is 0 Å². The van der Waals surface area contributed by atoms with E-state index in [0.29, 0.717) is 0 Å². The van der Waals surface area contributed by atoms with Crippen molar-refractivity contribution in [2.24, 2.45) is 0 Å². The first-order valence-electron chi connectivity index (χ1n) is 3.07. The van der Waals surface area contributed by atoms with Gasteiger partial charge in [0, 0.05) is 0 Å². The van der Waals surface area contributed by atoms with E-state index in [4.69, 9.17) is 0 Å². The van der Waals surface area contributed by atoms with Crippen molar-refractivity contribution in [2.75, 3.05) is 0 Å². The molecule has 0 rings (SSSR count). The quantitative estimate of drug-likeness (QED) is 0.414. The van der Waals surface area contributed by atoms with E-state index in [1.54, 1.807) is 0 Å². The summed E-state index contributed by atoms with van der Waals surface area (Å²) < 4.78 is 101. The van der Waals surface area contributed by atoms with Crippen molar-refractivity contribution < 1.29 is 62.9 Å². The summed E-state index contributed by atoms with van der Waals surface area (Å²) in [4.78, 5) is 0. The molecule has 0 atom stereocenters. The maximum absolute atomic E-state index is 11.9. The molecule has 0 aliphatic heterocycles. The summed E-state index contributed by atoms with van der Waals surface area (Å²) in [7, 11) is 4.44. The van der Waals surface area contributed by atoms with Crippen LogP contribution in [0.25, 0.3) is 0 Å². The SMILES string of the molecule is FC(F)(F)[C]([Hg][Cl])(C(F)(F)F)C(F)(F)F. The van der Waals surface area contributed by atoms with Gasteiger partial charge in [0.25, 0.3) is 0 Å². The van der Waals surface area contributed by atoms with E-state index in [2.05, 4.69) is 8.25 Å². The fourth-order valence-electron chi connectivity index (χ4n) is 0.709. The zero-order valence-corrected chi connectivity index (χ0v) is 12.7. The van der Waals surface area contributed by atoms with Crippen LogP contribution >= 0.6 is 8.25 Å². The van der Waals surface area contributed by atoms with Crippen LogP contribution in [0.15, 0.2) is 0 Å². The molecule has 0 aliphatic rings. The van der Waals surface area contributed by atoms with E-state index in [0.717, 1.165) is 0 Å². The fourth-order valence-corrected chi connectivity index (χ4v) is 6.47. The van der Waals surface area contributed by atoms with E-state index in [1.807, 2.05) is 0 Å². The van der Waals surface area contributed by atoms with Crippen LogP contribution in [-0.2, 0) is 23.3 Å². The van der Waals surface area contributed by atoms with Gasteiger partial charge in [0.05, 0.1) is 0 Å². The van der Waals surface area contributed by atoms with Crippen molar-refractivity contribution in [3.05, 3.63) is 0 Å². The van der Waals surface area contributed by atoms with Gasteiger partial charge in [0.15, 0.2) is 0 Å². The number of rotatable bonds is 1. The Bertz CT molecular complexity index is 188. The summed E-state index contributed by atoms with van der Waals surface area (Å²) in [5.41, 5.74) is 0. The minimum atomic E-state index is -6.45. The molecule has 0 amide bonds. The first-order valence-corrected chi connectivity index (χ1v) is 12.6. The molecule has 0 aromatic carbocycles. The van der Waals surface area contributed by atoms with Crippen LogP contribution in [0, 0.1) is 0 Å². The van der Waals surface area contributed by atoms with Crippen LogP contribution < -0.4 is 0 Å². The van der Waals surface area contributed by atoms with Gasteiger partial charge >= 0.3 is 92.6 Å². The third-order valence-corrected chi connectivity index (χ3v) is 11.4. The summed E-state index contributed by atoms with van der Waals surface area (Å²) in [6.07, 6.45) is -19.4. The van der Waals surface area contributed by atoms with E-state index < -0.39 is 44.8 Å². The summed E-state index contributed by atoms with van der Waals surface area (Å²) >= 11 is -4.79. The van der Waals surface area contributed by atoms with Crippen LogP contribution in [-0.4, -0.2) is 18.5 Å². The minimum absolute atomic E-state index is 4.44. The Balaban J connectivity index is 5.78. The average Bonchev–Trinajstić information content (AvgIpc) is 1.76. The Kier molecular flexibility index (Phi) is 4.28. The van der Waals surface area contributed by atoms with Crippen LogP contribution in [0.2, 0.25) is 2.92 Å². The van der Waals surface area contributed by atoms with Gasteiger partial charge in [0.2, 0.25) is 0 Å². The van der Waals surface area contributed by atoms with Gasteiger partial charge < -0.3 is 0 Å². The predicted molar refractivity (Wildman–Crippen MR) is 26.7 cm³/mol. The Morgan fingerprint density at radius 2 is 0.800 bits per heavy atom. The normalized spacial score (nSPS) is 15.1. The molecule has 0 aromatic heterocycles. The third kappa shape index (κ3) is 2.47. The molecule has 0 aromatic rings. The van der Waals surface area contributed by atoms with Crippen molar-refractivity contribution in [1.29, 1.82) is 0 Å². The van der Waals surface area contributed by atoms with Crippen molar-refractivity contribution >= 4 is 8.25 Å². The average molecular weight is 455 g/mol. The first-order chi connectivity index (χ1) is 6.31. The fraction of sp³-hybridized carbons (Fsp3) is 1.00. The summed E-state index contributed by atoms with van der Waals surface area (Å²) in [5.74, 6) is 0. The van der Waals surface area contributed by atoms with E-state index in [1.165, 1.54) is 0 Å². The summed E-state index contributed by atoms with van der Waals surface area (Å²) in [5, 5.41) is 0. The molecular weight excluding hydrogens is 455 g/mol. The zero-order valence-electron chi connectivity index (χ0n) is 6.49. The van der Waals surface area contributed by atoms with Crippen LogP contribution in [0.4, 0.5) is 39.5 Å². The van der Waals surface area contributed by atoms with Gasteiger partial charge in [-0.1, -0.05) is 0 Å². The molecule has 0 fully saturated rings. The Labute approximate surface area is 92.6 Å². The Hall–Kier alpha value is 0.595. The van der Waals surface area contributed by atoms with Crippen LogP contribution in [0.1, 0.15) is 0 Å². The van der Waals surface area contributed by atoms with Gasteiger partial charge in [-0.3, -0.25) is 0 Å². The number of alkyl halides is 9. The number of hydrogen-bond donors (Lipinski definition) is 0. The second-order valence-electron chi connectivity index (χ2n) is 2.53. The Morgan fingerprint density at radius 3 is 0.800 bits per heavy atom. The molecule has 0 N–H and O–H groups in total. The summed E-state index contributed by atoms with van der Waals surface area (Å²) in [6.45, 7) is 0. The molecule has 88 valence electrons. The topological polar surface area (TPSA) is 0 Å². The van der Waals surface area contributed by atoms with E-state index in [-0.39, 0.29) is 0 Å². The molecule has 0 unspecified atom stereocenters. The van der Waals surface area contributed by atoms with Gasteiger partial charge in [0.1, 0.15) is 0 Å². The molecule has 0 radical (unpaired) electrons. The van der Waals surface area contributed by atoms with Crippen molar-refractivity contribution in [2.45, 2.75) is 21.5 Å². The third-order valence-electron chi connectivity index (χ3n) is 1.65. The molecule has 0 saturated carbocycles. The maximum atomic E-state index is 11.9. The van der Waals surface area contributed by atoms with Crippen LogP contribution in [0.3, 0.4) is 0 Å². The molecule has 15 heavy (non-hydrogen) atoms. The van der Waals surface area contributed by atoms with Gasteiger partial charge in [-0.05, 0) is 0 Å². The van der Waals surface area contributed by atoms with E-state index in [9.17, 15) is 39.5 Å². The molecule has 0 saturated heterocycles. The van der Waals surface area contributed by atoms with Crippen molar-refractivity contribution in [1.82, 2.24) is 0 Å². The molecule has 0 nitrogen and oxygen atoms in total. The summed E-state index contributed by atoms with van der Waals surface area (Å²) in [6, 6.07) is 0. The van der Waals surface area contributed by atoms with E-state index >= 15 is 0 Å². The molecule has 0 heterocycles. The molecule has 0 spiro atoms. The Morgan fingerprint density at radius 1 is 0.600 bits per heavy atom. The standard InChI is InChI=1S/C4F9.ClH.Hg/c5-2(6,7)1(3(8,9)10)4(11,12)13;;/h;1H;/q;;+1/p-1. The second-order valence-corrected chi connectivity index (χ2v) is 10.0. The molecule has 0 aliphatic carbocycles. The predicted octanol–water partition coefficient (Wildman–Crippen LogP) is 4.07. The zero-order chi connectivity index (χ0) is 12.7. The first kappa shape index (κ1) is 15.6.